The Morgan fingerprint density at radius 3 is 2.66 bits per heavy atom. The lowest BCUT2D eigenvalue weighted by Crippen LogP contribution is -2.35. The van der Waals surface area contributed by atoms with E-state index in [2.05, 4.69) is 25.9 Å². The molecule has 4 aromatic rings. The zero-order valence-electron chi connectivity index (χ0n) is 15.6. The van der Waals surface area contributed by atoms with E-state index in [-0.39, 0.29) is 11.4 Å². The molecule has 5 rings (SSSR count). The third-order valence-corrected chi connectivity index (χ3v) is 5.72. The molecule has 0 aliphatic carbocycles. The number of para-hydroxylation sites is 1. The summed E-state index contributed by atoms with van der Waals surface area (Å²) in [5, 5.41) is 1.14. The number of fused-ring (bicyclic) bond motifs is 2. The summed E-state index contributed by atoms with van der Waals surface area (Å²) in [5.41, 5.74) is 5.67. The fourth-order valence-electron chi connectivity index (χ4n) is 4.10. The molecule has 0 spiro atoms. The number of aromatic nitrogens is 3. The van der Waals surface area contributed by atoms with Crippen molar-refractivity contribution in [3.8, 4) is 11.3 Å². The van der Waals surface area contributed by atoms with E-state index < -0.39 is 0 Å². The number of rotatable bonds is 3. The molecule has 29 heavy (non-hydrogen) atoms. The van der Waals surface area contributed by atoms with E-state index in [0.29, 0.717) is 17.9 Å². The zero-order chi connectivity index (χ0) is 20.0. The van der Waals surface area contributed by atoms with Crippen LogP contribution >= 0.6 is 12.2 Å². The molecule has 2 aromatic carbocycles. The van der Waals surface area contributed by atoms with Crippen LogP contribution in [0, 0.1) is 10.6 Å². The Bertz CT molecular complexity index is 1320. The van der Waals surface area contributed by atoms with E-state index in [4.69, 9.17) is 12.2 Å². The number of nitrogens with one attached hydrogen (secondary N) is 3. The van der Waals surface area contributed by atoms with Gasteiger partial charge in [0.25, 0.3) is 5.56 Å². The summed E-state index contributed by atoms with van der Waals surface area (Å²) in [6.45, 7) is 2.06. The van der Waals surface area contributed by atoms with Crippen molar-refractivity contribution in [3.63, 3.8) is 0 Å². The Labute approximate surface area is 171 Å². The molecule has 0 fully saturated rings. The van der Waals surface area contributed by atoms with Crippen LogP contribution in [0.5, 0.6) is 0 Å². The number of H-pyrrole nitrogens is 3. The second kappa shape index (κ2) is 7.09. The number of hydrogen-bond donors (Lipinski definition) is 3. The molecule has 3 heterocycles. The molecule has 7 heteroatoms. The van der Waals surface area contributed by atoms with Crippen LogP contribution in [0.3, 0.4) is 0 Å². The maximum atomic E-state index is 13.4. The van der Waals surface area contributed by atoms with Crippen molar-refractivity contribution in [3.05, 3.63) is 86.3 Å². The predicted octanol–water partition coefficient (Wildman–Crippen LogP) is 4.28. The Morgan fingerprint density at radius 1 is 1.03 bits per heavy atom. The lowest BCUT2D eigenvalue weighted by Gasteiger charge is -2.28. The molecule has 0 amide bonds. The largest absolute Gasteiger partial charge is 0.354 e. The first kappa shape index (κ1) is 18.0. The van der Waals surface area contributed by atoms with Gasteiger partial charge in [0.15, 0.2) is 4.77 Å². The van der Waals surface area contributed by atoms with Gasteiger partial charge in [0, 0.05) is 42.7 Å². The summed E-state index contributed by atoms with van der Waals surface area (Å²) in [6, 6.07) is 14.7. The van der Waals surface area contributed by atoms with E-state index >= 15 is 0 Å². The molecule has 2 aromatic heterocycles. The number of aromatic amines is 3. The molecule has 0 atom stereocenters. The molecule has 3 N–H and O–H groups in total. The summed E-state index contributed by atoms with van der Waals surface area (Å²) < 4.78 is 13.8. The minimum atomic E-state index is -0.254. The van der Waals surface area contributed by atoms with E-state index in [1.165, 1.54) is 12.1 Å². The summed E-state index contributed by atoms with van der Waals surface area (Å²) in [6.07, 6.45) is 0.747. The second-order valence-corrected chi connectivity index (χ2v) is 7.77. The van der Waals surface area contributed by atoms with Crippen LogP contribution in [-0.4, -0.2) is 26.4 Å². The van der Waals surface area contributed by atoms with Gasteiger partial charge in [-0.1, -0.05) is 18.2 Å². The van der Waals surface area contributed by atoms with Crippen LogP contribution in [-0.2, 0) is 19.5 Å². The van der Waals surface area contributed by atoms with Gasteiger partial charge in [0.05, 0.1) is 11.3 Å². The average molecular weight is 406 g/mol. The van der Waals surface area contributed by atoms with Gasteiger partial charge in [0.2, 0.25) is 0 Å². The first-order valence-corrected chi connectivity index (χ1v) is 9.91. The SMILES string of the molecule is O=c1[nH]c(=S)[nH]c2c1CN(Cc1c(-c3ccc(F)cc3)[nH]c3ccccc13)CC2. The van der Waals surface area contributed by atoms with E-state index in [0.717, 1.165) is 51.9 Å². The first-order chi connectivity index (χ1) is 14.1. The predicted molar refractivity (Wildman–Crippen MR) is 114 cm³/mol. The van der Waals surface area contributed by atoms with Crippen LogP contribution in [0.15, 0.2) is 53.3 Å². The van der Waals surface area contributed by atoms with E-state index in [1.807, 2.05) is 18.2 Å². The van der Waals surface area contributed by atoms with Crippen LogP contribution < -0.4 is 5.56 Å². The quantitative estimate of drug-likeness (QED) is 0.445. The number of hydrogen-bond acceptors (Lipinski definition) is 3. The lowest BCUT2D eigenvalue weighted by atomic mass is 10.0. The highest BCUT2D eigenvalue weighted by atomic mass is 32.1. The van der Waals surface area contributed by atoms with Gasteiger partial charge in [0.1, 0.15) is 5.82 Å². The third-order valence-electron chi connectivity index (χ3n) is 5.52. The van der Waals surface area contributed by atoms with Crippen LogP contribution in [0.25, 0.3) is 22.2 Å². The molecule has 1 aliphatic rings. The molecule has 0 saturated heterocycles. The molecule has 1 aliphatic heterocycles. The van der Waals surface area contributed by atoms with Gasteiger partial charge in [-0.25, -0.2) is 4.39 Å². The number of benzene rings is 2. The molecule has 0 bridgehead atoms. The number of halogens is 1. The molecule has 0 saturated carbocycles. The van der Waals surface area contributed by atoms with Crippen molar-refractivity contribution in [2.45, 2.75) is 19.5 Å². The average Bonchev–Trinajstić information content (AvgIpc) is 3.07. The van der Waals surface area contributed by atoms with Crippen LogP contribution in [0.4, 0.5) is 4.39 Å². The molecule has 0 radical (unpaired) electrons. The van der Waals surface area contributed by atoms with Crippen molar-refractivity contribution in [2.24, 2.45) is 0 Å². The second-order valence-electron chi connectivity index (χ2n) is 7.36. The minimum absolute atomic E-state index is 0.119. The van der Waals surface area contributed by atoms with Crippen molar-refractivity contribution in [2.75, 3.05) is 6.54 Å². The first-order valence-electron chi connectivity index (χ1n) is 9.51. The molecule has 146 valence electrons. The summed E-state index contributed by atoms with van der Waals surface area (Å²) >= 11 is 5.09. The van der Waals surface area contributed by atoms with Gasteiger partial charge >= 0.3 is 0 Å². The number of nitrogens with zero attached hydrogens (tertiary/aromatic N) is 1. The van der Waals surface area contributed by atoms with Crippen molar-refractivity contribution in [1.29, 1.82) is 0 Å². The zero-order valence-corrected chi connectivity index (χ0v) is 16.4. The molecule has 0 unspecified atom stereocenters. The van der Waals surface area contributed by atoms with E-state index in [1.54, 1.807) is 12.1 Å². The Hall–Kier alpha value is -3.03. The topological polar surface area (TPSA) is 67.7 Å². The van der Waals surface area contributed by atoms with Crippen molar-refractivity contribution in [1.82, 2.24) is 19.9 Å². The maximum absolute atomic E-state index is 13.4. The van der Waals surface area contributed by atoms with Gasteiger partial charge < -0.3 is 9.97 Å². The van der Waals surface area contributed by atoms with Crippen LogP contribution in [0.2, 0.25) is 0 Å². The highest BCUT2D eigenvalue weighted by Crippen LogP contribution is 2.32. The monoisotopic (exact) mass is 406 g/mol. The summed E-state index contributed by atoms with van der Waals surface area (Å²) in [5.74, 6) is -0.254. The molecular weight excluding hydrogens is 387 g/mol. The normalized spacial score (nSPS) is 14.2. The molecule has 5 nitrogen and oxygen atoms in total. The summed E-state index contributed by atoms with van der Waals surface area (Å²) in [7, 11) is 0. The minimum Gasteiger partial charge on any atom is -0.354 e. The van der Waals surface area contributed by atoms with Gasteiger partial charge in [-0.3, -0.25) is 14.7 Å². The Balaban J connectivity index is 1.55. The smallest absolute Gasteiger partial charge is 0.256 e. The highest BCUT2D eigenvalue weighted by Gasteiger charge is 2.22. The third kappa shape index (κ3) is 3.32. The Kier molecular flexibility index (Phi) is 4.41. The van der Waals surface area contributed by atoms with Crippen molar-refractivity contribution >= 4 is 23.1 Å². The summed E-state index contributed by atoms with van der Waals surface area (Å²) in [4.78, 5) is 23.9. The fraction of sp³-hybridized carbons (Fsp3) is 0.182. The molecular formula is C22H19FN4OS. The Morgan fingerprint density at radius 2 is 1.83 bits per heavy atom. The van der Waals surface area contributed by atoms with Crippen LogP contribution in [0.1, 0.15) is 16.8 Å². The van der Waals surface area contributed by atoms with Gasteiger partial charge in [-0.05, 0) is 53.7 Å². The highest BCUT2D eigenvalue weighted by molar-refractivity contribution is 7.71. The van der Waals surface area contributed by atoms with Gasteiger partial charge in [-0.2, -0.15) is 0 Å². The standard InChI is InChI=1S/C22H19FN4OS/c23-14-7-5-13(6-8-14)20-16(15-3-1-2-4-18(15)24-20)11-27-10-9-19-17(12-27)21(28)26-22(29)25-19/h1-8,24H,9-12H2,(H2,25,26,28,29). The lowest BCUT2D eigenvalue weighted by molar-refractivity contribution is 0.243. The van der Waals surface area contributed by atoms with E-state index in [9.17, 15) is 9.18 Å². The fourth-order valence-corrected chi connectivity index (χ4v) is 4.31. The maximum Gasteiger partial charge on any atom is 0.256 e. The van der Waals surface area contributed by atoms with Gasteiger partial charge in [-0.15, -0.1) is 0 Å². The van der Waals surface area contributed by atoms with Crippen molar-refractivity contribution < 1.29 is 4.39 Å².